The number of nitriles is 1. The SMILES string of the molecule is N#Cc1cc(C(F)F)c(C(=O)O)c(CBr)n1. The molecule has 0 saturated heterocycles. The molecule has 0 unspecified atom stereocenters. The van der Waals surface area contributed by atoms with Crippen molar-refractivity contribution >= 4 is 21.9 Å². The third kappa shape index (κ3) is 2.33. The van der Waals surface area contributed by atoms with Crippen LogP contribution < -0.4 is 0 Å². The van der Waals surface area contributed by atoms with Crippen molar-refractivity contribution in [3.63, 3.8) is 0 Å². The summed E-state index contributed by atoms with van der Waals surface area (Å²) in [5.74, 6) is -1.48. The van der Waals surface area contributed by atoms with Gasteiger partial charge in [0.2, 0.25) is 0 Å². The largest absolute Gasteiger partial charge is 0.478 e. The summed E-state index contributed by atoms with van der Waals surface area (Å²) in [7, 11) is 0. The van der Waals surface area contributed by atoms with Crippen molar-refractivity contribution in [3.8, 4) is 6.07 Å². The molecule has 16 heavy (non-hydrogen) atoms. The summed E-state index contributed by atoms with van der Waals surface area (Å²) in [6.07, 6.45) is -2.96. The van der Waals surface area contributed by atoms with E-state index in [1.54, 1.807) is 6.07 Å². The quantitative estimate of drug-likeness (QED) is 0.868. The molecule has 0 aliphatic rings. The van der Waals surface area contributed by atoms with Crippen LogP contribution in [-0.2, 0) is 5.33 Å². The van der Waals surface area contributed by atoms with Crippen LogP contribution in [0, 0.1) is 11.3 Å². The molecule has 0 radical (unpaired) electrons. The lowest BCUT2D eigenvalue weighted by Gasteiger charge is -2.08. The molecule has 0 aliphatic heterocycles. The molecule has 1 heterocycles. The zero-order valence-corrected chi connectivity index (χ0v) is 9.33. The number of alkyl halides is 3. The number of rotatable bonds is 3. The van der Waals surface area contributed by atoms with Gasteiger partial charge in [0, 0.05) is 10.9 Å². The van der Waals surface area contributed by atoms with Gasteiger partial charge in [0.15, 0.2) is 0 Å². The normalized spacial score (nSPS) is 10.2. The summed E-state index contributed by atoms with van der Waals surface area (Å²) in [4.78, 5) is 14.5. The van der Waals surface area contributed by atoms with Crippen molar-refractivity contribution < 1.29 is 18.7 Å². The van der Waals surface area contributed by atoms with Gasteiger partial charge in [0.1, 0.15) is 11.8 Å². The maximum Gasteiger partial charge on any atom is 0.338 e. The van der Waals surface area contributed by atoms with Gasteiger partial charge in [-0.3, -0.25) is 0 Å². The Balaban J connectivity index is 3.55. The molecule has 4 nitrogen and oxygen atoms in total. The van der Waals surface area contributed by atoms with Crippen LogP contribution in [0.25, 0.3) is 0 Å². The molecule has 1 rings (SSSR count). The average molecular weight is 291 g/mol. The van der Waals surface area contributed by atoms with Crippen LogP contribution in [0.3, 0.4) is 0 Å². The molecule has 0 aromatic carbocycles. The second kappa shape index (κ2) is 4.99. The molecule has 1 aromatic rings. The third-order valence-electron chi connectivity index (χ3n) is 1.81. The van der Waals surface area contributed by atoms with E-state index < -0.39 is 23.5 Å². The third-order valence-corrected chi connectivity index (χ3v) is 2.35. The lowest BCUT2D eigenvalue weighted by atomic mass is 10.1. The zero-order valence-electron chi connectivity index (χ0n) is 7.75. The van der Waals surface area contributed by atoms with Crippen LogP contribution in [-0.4, -0.2) is 16.1 Å². The highest BCUT2D eigenvalue weighted by atomic mass is 79.9. The number of hydrogen-bond acceptors (Lipinski definition) is 3. The zero-order chi connectivity index (χ0) is 12.3. The predicted octanol–water partition coefficient (Wildman–Crippen LogP) is 2.48. The molecule has 0 spiro atoms. The Labute approximate surface area is 97.7 Å². The van der Waals surface area contributed by atoms with E-state index in [0.717, 1.165) is 6.07 Å². The number of aromatic carboxylic acids is 1. The highest BCUT2D eigenvalue weighted by Crippen LogP contribution is 2.26. The maximum absolute atomic E-state index is 12.6. The molecule has 0 amide bonds. The van der Waals surface area contributed by atoms with E-state index in [1.165, 1.54) is 0 Å². The number of carbonyl (C=O) groups is 1. The van der Waals surface area contributed by atoms with Crippen molar-refractivity contribution in [1.29, 1.82) is 5.26 Å². The topological polar surface area (TPSA) is 74.0 Å². The first-order valence-electron chi connectivity index (χ1n) is 4.02. The van der Waals surface area contributed by atoms with Crippen LogP contribution >= 0.6 is 15.9 Å². The second-order valence-corrected chi connectivity index (χ2v) is 3.33. The van der Waals surface area contributed by atoms with Gasteiger partial charge in [-0.05, 0) is 6.07 Å². The van der Waals surface area contributed by atoms with E-state index in [1.807, 2.05) is 0 Å². The van der Waals surface area contributed by atoms with Gasteiger partial charge in [-0.1, -0.05) is 15.9 Å². The minimum Gasteiger partial charge on any atom is -0.478 e. The van der Waals surface area contributed by atoms with Gasteiger partial charge < -0.3 is 5.11 Å². The van der Waals surface area contributed by atoms with Crippen molar-refractivity contribution in [1.82, 2.24) is 4.98 Å². The molecule has 1 aromatic heterocycles. The summed E-state index contributed by atoms with van der Waals surface area (Å²) < 4.78 is 25.2. The van der Waals surface area contributed by atoms with Crippen molar-refractivity contribution in [2.24, 2.45) is 0 Å². The van der Waals surface area contributed by atoms with E-state index in [9.17, 15) is 13.6 Å². The highest BCUT2D eigenvalue weighted by Gasteiger charge is 2.23. The molecular formula is C9H5BrF2N2O2. The fourth-order valence-electron chi connectivity index (χ4n) is 1.19. The number of pyridine rings is 1. The lowest BCUT2D eigenvalue weighted by Crippen LogP contribution is -2.10. The molecule has 0 atom stereocenters. The van der Waals surface area contributed by atoms with E-state index in [2.05, 4.69) is 20.9 Å². The number of halogens is 3. The van der Waals surface area contributed by atoms with Crippen LogP contribution in [0.15, 0.2) is 6.07 Å². The molecule has 0 bridgehead atoms. The highest BCUT2D eigenvalue weighted by molar-refractivity contribution is 9.08. The summed E-state index contributed by atoms with van der Waals surface area (Å²) in [5, 5.41) is 17.4. The van der Waals surface area contributed by atoms with Crippen molar-refractivity contribution in [2.45, 2.75) is 11.8 Å². The van der Waals surface area contributed by atoms with Crippen LogP contribution in [0.4, 0.5) is 8.78 Å². The predicted molar refractivity (Wildman–Crippen MR) is 53.5 cm³/mol. The number of carboxylic acids is 1. The first kappa shape index (κ1) is 12.5. The number of carboxylic acid groups (broad SMARTS) is 1. The van der Waals surface area contributed by atoms with Crippen LogP contribution in [0.1, 0.15) is 33.7 Å². The maximum atomic E-state index is 12.6. The molecule has 84 valence electrons. The van der Waals surface area contributed by atoms with E-state index in [4.69, 9.17) is 10.4 Å². The smallest absolute Gasteiger partial charge is 0.338 e. The van der Waals surface area contributed by atoms with Gasteiger partial charge in [-0.2, -0.15) is 5.26 Å². The summed E-state index contributed by atoms with van der Waals surface area (Å²) in [6, 6.07) is 2.40. The van der Waals surface area contributed by atoms with Gasteiger partial charge in [0.25, 0.3) is 6.43 Å². The Morgan fingerprint density at radius 1 is 1.69 bits per heavy atom. The van der Waals surface area contributed by atoms with Gasteiger partial charge >= 0.3 is 5.97 Å². The summed E-state index contributed by atoms with van der Waals surface area (Å²) >= 11 is 2.94. The fourth-order valence-corrected chi connectivity index (χ4v) is 1.60. The number of aromatic nitrogens is 1. The first-order chi connectivity index (χ1) is 7.51. The fraction of sp³-hybridized carbons (Fsp3) is 0.222. The minimum absolute atomic E-state index is 0.0100. The average Bonchev–Trinajstić information content (AvgIpc) is 2.26. The standard InChI is InChI=1S/C9H5BrF2N2O2/c10-2-6-7(9(15)16)5(8(11)12)1-4(3-13)14-6/h1,8H,2H2,(H,15,16). The monoisotopic (exact) mass is 290 g/mol. The van der Waals surface area contributed by atoms with Crippen LogP contribution in [0.2, 0.25) is 0 Å². The van der Waals surface area contributed by atoms with Gasteiger partial charge in [-0.15, -0.1) is 0 Å². The van der Waals surface area contributed by atoms with Crippen molar-refractivity contribution in [2.75, 3.05) is 0 Å². The number of nitrogens with zero attached hydrogens (tertiary/aromatic N) is 2. The molecule has 1 N–H and O–H groups in total. The molecule has 0 saturated carbocycles. The molecule has 7 heteroatoms. The van der Waals surface area contributed by atoms with Gasteiger partial charge in [-0.25, -0.2) is 18.6 Å². The Morgan fingerprint density at radius 3 is 2.69 bits per heavy atom. The molecule has 0 aliphatic carbocycles. The molecular weight excluding hydrogens is 286 g/mol. The Morgan fingerprint density at radius 2 is 2.31 bits per heavy atom. The Kier molecular flexibility index (Phi) is 3.90. The van der Waals surface area contributed by atoms with E-state index >= 15 is 0 Å². The first-order valence-corrected chi connectivity index (χ1v) is 5.14. The Hall–Kier alpha value is -1.55. The number of hydrogen-bond donors (Lipinski definition) is 1. The van der Waals surface area contributed by atoms with Gasteiger partial charge in [0.05, 0.1) is 11.3 Å². The second-order valence-electron chi connectivity index (χ2n) is 2.77. The van der Waals surface area contributed by atoms with Crippen LogP contribution in [0.5, 0.6) is 0 Å². The van der Waals surface area contributed by atoms with E-state index in [-0.39, 0.29) is 16.7 Å². The minimum atomic E-state index is -2.96. The van der Waals surface area contributed by atoms with E-state index in [0.29, 0.717) is 0 Å². The molecule has 0 fully saturated rings. The summed E-state index contributed by atoms with van der Waals surface area (Å²) in [6.45, 7) is 0. The lowest BCUT2D eigenvalue weighted by molar-refractivity contribution is 0.0683. The summed E-state index contributed by atoms with van der Waals surface area (Å²) in [5.41, 5.74) is -1.55. The Bertz CT molecular complexity index is 471. The van der Waals surface area contributed by atoms with Crippen molar-refractivity contribution in [3.05, 3.63) is 28.6 Å².